The Labute approximate surface area is 178 Å². The lowest BCUT2D eigenvalue weighted by Gasteiger charge is -2.14. The molecule has 2 aliphatic carbocycles. The third-order valence-electron chi connectivity index (χ3n) is 6.63. The zero-order valence-electron chi connectivity index (χ0n) is 17.5. The molecular weight excluding hydrogens is 372 g/mol. The lowest BCUT2D eigenvalue weighted by molar-refractivity contribution is -0.141. The van der Waals surface area contributed by atoms with Gasteiger partial charge >= 0.3 is 5.97 Å². The molecule has 0 amide bonds. The van der Waals surface area contributed by atoms with Crippen molar-refractivity contribution in [3.05, 3.63) is 76.4 Å². The summed E-state index contributed by atoms with van der Waals surface area (Å²) < 4.78 is 0. The van der Waals surface area contributed by atoms with E-state index in [1.54, 1.807) is 5.57 Å². The Hall–Kier alpha value is -2.68. The van der Waals surface area contributed by atoms with Crippen molar-refractivity contribution in [2.24, 2.45) is 5.92 Å². The van der Waals surface area contributed by atoms with E-state index in [1.165, 1.54) is 41.5 Å². The Morgan fingerprint density at radius 3 is 2.57 bits per heavy atom. The van der Waals surface area contributed by atoms with E-state index in [0.29, 0.717) is 12.0 Å². The lowest BCUT2D eigenvalue weighted by Crippen LogP contribution is -2.18. The summed E-state index contributed by atoms with van der Waals surface area (Å²) in [5.41, 5.74) is 7.55. The number of benzene rings is 2. The summed E-state index contributed by atoms with van der Waals surface area (Å²) in [6.07, 6.45) is 9.17. The molecule has 0 spiro atoms. The third kappa shape index (κ3) is 4.72. The van der Waals surface area contributed by atoms with Gasteiger partial charge in [0, 0.05) is 12.0 Å². The van der Waals surface area contributed by atoms with Gasteiger partial charge in [0.2, 0.25) is 0 Å². The van der Waals surface area contributed by atoms with Crippen molar-refractivity contribution in [1.82, 2.24) is 0 Å². The summed E-state index contributed by atoms with van der Waals surface area (Å²) in [6, 6.07) is 16.3. The van der Waals surface area contributed by atoms with E-state index in [-0.39, 0.29) is 12.2 Å². The highest BCUT2D eigenvalue weighted by atomic mass is 16.4. The fraction of sp³-hybridized carbons (Fsp3) is 0.407. The monoisotopic (exact) mass is 402 g/mol. The highest BCUT2D eigenvalue weighted by Gasteiger charge is 2.26. The van der Waals surface area contributed by atoms with E-state index in [0.717, 1.165) is 32.1 Å². The van der Waals surface area contributed by atoms with Crippen LogP contribution < -0.4 is 0 Å². The number of ketones is 1. The molecule has 2 aromatic carbocycles. The minimum absolute atomic E-state index is 0.0434. The Balaban J connectivity index is 1.33. The number of unbranched alkanes of at least 4 members (excludes halogenated alkanes) is 1. The van der Waals surface area contributed by atoms with E-state index >= 15 is 0 Å². The predicted molar refractivity (Wildman–Crippen MR) is 120 cm³/mol. The molecule has 0 fully saturated rings. The van der Waals surface area contributed by atoms with Crippen molar-refractivity contribution < 1.29 is 14.7 Å². The smallest absolute Gasteiger partial charge is 0.306 e. The van der Waals surface area contributed by atoms with Crippen LogP contribution in [-0.2, 0) is 17.6 Å². The highest BCUT2D eigenvalue weighted by molar-refractivity contribution is 5.98. The molecule has 4 rings (SSSR count). The first-order chi connectivity index (χ1) is 14.6. The number of allylic oxidation sites excluding steroid dienone is 2. The first-order valence-corrected chi connectivity index (χ1v) is 11.3. The minimum atomic E-state index is -0.860. The van der Waals surface area contributed by atoms with Crippen LogP contribution in [0.4, 0.5) is 0 Å². The molecule has 0 heterocycles. The van der Waals surface area contributed by atoms with Crippen LogP contribution in [0.1, 0.15) is 78.4 Å². The van der Waals surface area contributed by atoms with Crippen molar-refractivity contribution in [3.8, 4) is 0 Å². The molecule has 2 aliphatic rings. The topological polar surface area (TPSA) is 54.4 Å². The van der Waals surface area contributed by atoms with Crippen molar-refractivity contribution in [2.45, 2.75) is 64.2 Å². The highest BCUT2D eigenvalue weighted by Crippen LogP contribution is 2.41. The number of hydrogen-bond donors (Lipinski definition) is 1. The molecule has 1 N–H and O–H groups in total. The molecule has 3 nitrogen and oxygen atoms in total. The Morgan fingerprint density at radius 1 is 0.967 bits per heavy atom. The van der Waals surface area contributed by atoms with Crippen molar-refractivity contribution >= 4 is 17.3 Å². The van der Waals surface area contributed by atoms with Gasteiger partial charge in [0.15, 0.2) is 5.78 Å². The number of hydrogen-bond acceptors (Lipinski definition) is 2. The van der Waals surface area contributed by atoms with Gasteiger partial charge in [0.05, 0.1) is 5.92 Å². The third-order valence-corrected chi connectivity index (χ3v) is 6.63. The Morgan fingerprint density at radius 2 is 1.77 bits per heavy atom. The normalized spacial score (nSPS) is 16.1. The second kappa shape index (κ2) is 9.42. The number of fused-ring (bicyclic) bond motifs is 2. The van der Waals surface area contributed by atoms with Crippen LogP contribution in [0.15, 0.2) is 54.1 Å². The number of carbonyl (C=O) groups excluding carboxylic acids is 1. The number of carboxylic acid groups (broad SMARTS) is 1. The first-order valence-electron chi connectivity index (χ1n) is 11.3. The molecule has 0 bridgehead atoms. The Kier molecular flexibility index (Phi) is 6.47. The molecule has 3 heteroatoms. The van der Waals surface area contributed by atoms with Crippen LogP contribution in [0, 0.1) is 5.92 Å². The first kappa shape index (κ1) is 20.6. The maximum atomic E-state index is 12.9. The molecule has 0 saturated carbocycles. The van der Waals surface area contributed by atoms with E-state index in [9.17, 15) is 14.7 Å². The van der Waals surface area contributed by atoms with Crippen LogP contribution >= 0.6 is 0 Å². The standard InChI is InChI=1S/C27H30O3/c28-26(18-22(27(29)30)12-5-4-10-19-8-2-1-3-9-19)21-14-15-25-23(17-21)16-20-11-6-7-13-24(20)25/h1-3,8-9,14-15,17,22H,4-7,10-13,16,18H2,(H,29,30). The van der Waals surface area contributed by atoms with Crippen LogP contribution in [0.2, 0.25) is 0 Å². The van der Waals surface area contributed by atoms with E-state index < -0.39 is 11.9 Å². The number of rotatable bonds is 9. The largest absolute Gasteiger partial charge is 0.481 e. The molecular formula is C27H30O3. The average Bonchev–Trinajstić information content (AvgIpc) is 3.14. The summed E-state index contributed by atoms with van der Waals surface area (Å²) in [5, 5.41) is 9.62. The second-order valence-corrected chi connectivity index (χ2v) is 8.73. The fourth-order valence-corrected chi connectivity index (χ4v) is 4.94. The average molecular weight is 403 g/mol. The van der Waals surface area contributed by atoms with Gasteiger partial charge in [-0.15, -0.1) is 0 Å². The quantitative estimate of drug-likeness (QED) is 0.398. The number of carboxylic acids is 1. The van der Waals surface area contributed by atoms with Crippen LogP contribution in [0.25, 0.3) is 5.57 Å². The van der Waals surface area contributed by atoms with Gasteiger partial charge in [-0.05, 0) is 79.7 Å². The van der Waals surface area contributed by atoms with E-state index in [2.05, 4.69) is 18.2 Å². The predicted octanol–water partition coefficient (Wildman–Crippen LogP) is 6.26. The summed E-state index contributed by atoms with van der Waals surface area (Å²) >= 11 is 0. The molecule has 0 aromatic heterocycles. The Bertz CT molecular complexity index is 955. The molecule has 1 unspecified atom stereocenters. The van der Waals surface area contributed by atoms with Gasteiger partial charge in [-0.25, -0.2) is 0 Å². The molecule has 30 heavy (non-hydrogen) atoms. The maximum Gasteiger partial charge on any atom is 0.306 e. The SMILES string of the molecule is O=C(CC(CCCCc1ccccc1)C(=O)O)c1ccc2c(c1)CC1=C2CCCC1. The van der Waals surface area contributed by atoms with Crippen LogP contribution in [0.5, 0.6) is 0 Å². The second-order valence-electron chi connectivity index (χ2n) is 8.73. The number of carbonyl (C=O) groups is 2. The summed E-state index contributed by atoms with van der Waals surface area (Å²) in [4.78, 5) is 24.6. The molecule has 2 aromatic rings. The molecule has 0 saturated heterocycles. The van der Waals surface area contributed by atoms with Crippen molar-refractivity contribution in [3.63, 3.8) is 0 Å². The van der Waals surface area contributed by atoms with Crippen LogP contribution in [-0.4, -0.2) is 16.9 Å². The zero-order chi connectivity index (χ0) is 20.9. The van der Waals surface area contributed by atoms with E-state index in [1.807, 2.05) is 30.3 Å². The van der Waals surface area contributed by atoms with Gasteiger partial charge in [-0.1, -0.05) is 54.5 Å². The number of Topliss-reactive ketones (excluding diaryl/α,β-unsaturated/α-hetero) is 1. The molecule has 156 valence electrons. The molecule has 1 atom stereocenters. The van der Waals surface area contributed by atoms with Gasteiger partial charge in [0.25, 0.3) is 0 Å². The number of aryl methyl sites for hydroxylation is 1. The zero-order valence-corrected chi connectivity index (χ0v) is 17.5. The van der Waals surface area contributed by atoms with Crippen molar-refractivity contribution in [1.29, 1.82) is 0 Å². The lowest BCUT2D eigenvalue weighted by atomic mass is 9.90. The van der Waals surface area contributed by atoms with Gasteiger partial charge in [-0.3, -0.25) is 9.59 Å². The minimum Gasteiger partial charge on any atom is -0.481 e. The summed E-state index contributed by atoms with van der Waals surface area (Å²) in [6.45, 7) is 0. The molecule has 0 aliphatic heterocycles. The van der Waals surface area contributed by atoms with Gasteiger partial charge in [0.1, 0.15) is 0 Å². The van der Waals surface area contributed by atoms with Gasteiger partial charge in [-0.2, -0.15) is 0 Å². The molecule has 0 radical (unpaired) electrons. The summed E-state index contributed by atoms with van der Waals surface area (Å²) in [5.74, 6) is -1.51. The summed E-state index contributed by atoms with van der Waals surface area (Å²) in [7, 11) is 0. The fourth-order valence-electron chi connectivity index (χ4n) is 4.94. The van der Waals surface area contributed by atoms with Crippen molar-refractivity contribution in [2.75, 3.05) is 0 Å². The van der Waals surface area contributed by atoms with Gasteiger partial charge < -0.3 is 5.11 Å². The maximum absolute atomic E-state index is 12.9. The van der Waals surface area contributed by atoms with E-state index in [4.69, 9.17) is 0 Å². The van der Waals surface area contributed by atoms with Crippen LogP contribution in [0.3, 0.4) is 0 Å². The number of aliphatic carboxylic acids is 1.